The Kier molecular flexibility index (Phi) is 2.92. The van der Waals surface area contributed by atoms with Crippen molar-refractivity contribution in [1.29, 1.82) is 0 Å². The van der Waals surface area contributed by atoms with E-state index in [1.807, 2.05) is 30.3 Å². The molecule has 0 fully saturated rings. The normalized spacial score (nSPS) is 10.7. The number of hydrogen-bond donors (Lipinski definition) is 3. The molecule has 96 valence electrons. The molecular formula is C13H12N4OS. The first-order chi connectivity index (χ1) is 9.20. The molecule has 0 unspecified atom stereocenters. The summed E-state index contributed by atoms with van der Waals surface area (Å²) < 4.78 is 0. The Morgan fingerprint density at radius 3 is 3.00 bits per heavy atom. The Hall–Kier alpha value is -2.34. The lowest BCUT2D eigenvalue weighted by Gasteiger charge is -2.05. The number of nitrogens with one attached hydrogen (secondary N) is 2. The lowest BCUT2D eigenvalue weighted by Crippen LogP contribution is -2.04. The molecule has 0 spiro atoms. The third kappa shape index (κ3) is 2.58. The molecule has 0 aliphatic rings. The van der Waals surface area contributed by atoms with Crippen molar-refractivity contribution in [2.24, 2.45) is 0 Å². The molecular weight excluding hydrogens is 260 g/mol. The van der Waals surface area contributed by atoms with Gasteiger partial charge in [0.2, 0.25) is 0 Å². The van der Waals surface area contributed by atoms with Crippen LogP contribution in [0.3, 0.4) is 0 Å². The topological polar surface area (TPSA) is 83.8 Å². The Morgan fingerprint density at radius 1 is 1.32 bits per heavy atom. The standard InChI is InChI=1S/C13H12N4OS/c14-9-2-3-11-8(5-9)1-4-12(17-11)15-6-10-7-19-13(18)16-10/h1-5,7H,6,14H2,(H,15,17)(H,16,18). The third-order valence-electron chi connectivity index (χ3n) is 2.74. The van der Waals surface area contributed by atoms with Gasteiger partial charge in [-0.05, 0) is 30.3 Å². The van der Waals surface area contributed by atoms with Crippen LogP contribution < -0.4 is 15.9 Å². The fourth-order valence-corrected chi connectivity index (χ4v) is 2.41. The summed E-state index contributed by atoms with van der Waals surface area (Å²) in [5, 5.41) is 5.99. The summed E-state index contributed by atoms with van der Waals surface area (Å²) in [6.45, 7) is 0.548. The van der Waals surface area contributed by atoms with Gasteiger partial charge in [0, 0.05) is 22.1 Å². The molecule has 2 heterocycles. The van der Waals surface area contributed by atoms with E-state index in [0.717, 1.165) is 39.4 Å². The highest BCUT2D eigenvalue weighted by molar-refractivity contribution is 7.07. The number of fused-ring (bicyclic) bond motifs is 1. The molecule has 0 saturated carbocycles. The second-order valence-electron chi connectivity index (χ2n) is 4.18. The molecule has 1 aromatic carbocycles. The molecule has 5 nitrogen and oxygen atoms in total. The maximum Gasteiger partial charge on any atom is 0.304 e. The molecule has 0 bridgehead atoms. The van der Waals surface area contributed by atoms with Crippen molar-refractivity contribution in [3.05, 3.63) is 51.1 Å². The number of aromatic nitrogens is 2. The molecule has 0 aliphatic carbocycles. The van der Waals surface area contributed by atoms with E-state index >= 15 is 0 Å². The summed E-state index contributed by atoms with van der Waals surface area (Å²) in [6.07, 6.45) is 0. The van der Waals surface area contributed by atoms with Crippen molar-refractivity contribution in [1.82, 2.24) is 9.97 Å². The molecule has 0 radical (unpaired) electrons. The first-order valence-corrected chi connectivity index (χ1v) is 6.65. The average molecular weight is 272 g/mol. The number of pyridine rings is 1. The van der Waals surface area contributed by atoms with Gasteiger partial charge in [-0.2, -0.15) is 0 Å². The largest absolute Gasteiger partial charge is 0.399 e. The van der Waals surface area contributed by atoms with Crippen molar-refractivity contribution in [3.63, 3.8) is 0 Å². The molecule has 0 atom stereocenters. The number of thiazole rings is 1. The minimum absolute atomic E-state index is 0.0428. The number of aromatic amines is 1. The van der Waals surface area contributed by atoms with Gasteiger partial charge in [-0.3, -0.25) is 4.79 Å². The van der Waals surface area contributed by atoms with Gasteiger partial charge in [0.25, 0.3) is 0 Å². The second kappa shape index (κ2) is 4.74. The SMILES string of the molecule is Nc1ccc2nc(NCc3csc(=O)[nH]3)ccc2c1. The van der Waals surface area contributed by atoms with E-state index in [0.29, 0.717) is 6.54 Å². The van der Waals surface area contributed by atoms with Crippen LogP contribution in [0.4, 0.5) is 11.5 Å². The minimum atomic E-state index is -0.0428. The summed E-state index contributed by atoms with van der Waals surface area (Å²) in [7, 11) is 0. The van der Waals surface area contributed by atoms with Crippen LogP contribution in [0.2, 0.25) is 0 Å². The van der Waals surface area contributed by atoms with Crippen LogP contribution in [0.15, 0.2) is 40.5 Å². The van der Waals surface area contributed by atoms with E-state index in [2.05, 4.69) is 15.3 Å². The van der Waals surface area contributed by atoms with Crippen LogP contribution in [-0.4, -0.2) is 9.97 Å². The first kappa shape index (κ1) is 11.7. The highest BCUT2D eigenvalue weighted by Crippen LogP contribution is 2.18. The zero-order valence-corrected chi connectivity index (χ0v) is 10.8. The summed E-state index contributed by atoms with van der Waals surface area (Å²) in [5.41, 5.74) is 8.19. The fourth-order valence-electron chi connectivity index (χ4n) is 1.83. The first-order valence-electron chi connectivity index (χ1n) is 5.77. The average Bonchev–Trinajstić information content (AvgIpc) is 2.82. The molecule has 0 saturated heterocycles. The van der Waals surface area contributed by atoms with E-state index in [4.69, 9.17) is 5.73 Å². The number of rotatable bonds is 3. The predicted octanol–water partition coefficient (Wildman–Crippen LogP) is 2.18. The summed E-state index contributed by atoms with van der Waals surface area (Å²) in [6, 6.07) is 9.48. The number of H-pyrrole nitrogens is 1. The Balaban J connectivity index is 1.81. The summed E-state index contributed by atoms with van der Waals surface area (Å²) in [4.78, 5) is 18.2. The molecule has 0 amide bonds. The van der Waals surface area contributed by atoms with E-state index < -0.39 is 0 Å². The van der Waals surface area contributed by atoms with Gasteiger partial charge in [0.1, 0.15) is 5.82 Å². The Morgan fingerprint density at radius 2 is 2.21 bits per heavy atom. The molecule has 6 heteroatoms. The number of nitrogens with zero attached hydrogens (tertiary/aromatic N) is 1. The zero-order valence-electron chi connectivity index (χ0n) is 10.0. The molecule has 3 aromatic rings. The smallest absolute Gasteiger partial charge is 0.304 e. The van der Waals surface area contributed by atoms with Crippen LogP contribution in [0, 0.1) is 0 Å². The molecule has 3 rings (SSSR count). The number of nitrogens with two attached hydrogens (primary N) is 1. The van der Waals surface area contributed by atoms with Crippen LogP contribution in [0.25, 0.3) is 10.9 Å². The molecule has 4 N–H and O–H groups in total. The van der Waals surface area contributed by atoms with Gasteiger partial charge in [-0.25, -0.2) is 4.98 Å². The van der Waals surface area contributed by atoms with Gasteiger partial charge in [-0.15, -0.1) is 0 Å². The Bertz CT molecular complexity index is 777. The maximum atomic E-state index is 11.0. The number of nitrogen functional groups attached to an aromatic ring is 1. The van der Waals surface area contributed by atoms with Crippen molar-refractivity contribution >= 4 is 33.7 Å². The van der Waals surface area contributed by atoms with Gasteiger partial charge in [0.05, 0.1) is 12.1 Å². The van der Waals surface area contributed by atoms with Crippen LogP contribution in [-0.2, 0) is 6.54 Å². The lowest BCUT2D eigenvalue weighted by atomic mass is 10.2. The van der Waals surface area contributed by atoms with Crippen molar-refractivity contribution in [2.45, 2.75) is 6.54 Å². The van der Waals surface area contributed by atoms with E-state index in [9.17, 15) is 4.79 Å². The highest BCUT2D eigenvalue weighted by Gasteiger charge is 2.00. The highest BCUT2D eigenvalue weighted by atomic mass is 32.1. The summed E-state index contributed by atoms with van der Waals surface area (Å²) in [5.74, 6) is 0.768. The van der Waals surface area contributed by atoms with Crippen molar-refractivity contribution in [3.8, 4) is 0 Å². The number of hydrogen-bond acceptors (Lipinski definition) is 5. The van der Waals surface area contributed by atoms with E-state index in [-0.39, 0.29) is 4.87 Å². The molecule has 0 aliphatic heterocycles. The zero-order chi connectivity index (χ0) is 13.2. The lowest BCUT2D eigenvalue weighted by molar-refractivity contribution is 1.05. The number of benzene rings is 1. The summed E-state index contributed by atoms with van der Waals surface area (Å²) >= 11 is 1.16. The minimum Gasteiger partial charge on any atom is -0.399 e. The Labute approximate surface area is 113 Å². The maximum absolute atomic E-state index is 11.0. The fraction of sp³-hybridized carbons (Fsp3) is 0.0769. The van der Waals surface area contributed by atoms with Gasteiger partial charge in [-0.1, -0.05) is 11.3 Å². The van der Waals surface area contributed by atoms with E-state index in [1.54, 1.807) is 5.38 Å². The molecule has 2 aromatic heterocycles. The molecule has 19 heavy (non-hydrogen) atoms. The van der Waals surface area contributed by atoms with Crippen LogP contribution in [0.5, 0.6) is 0 Å². The van der Waals surface area contributed by atoms with Gasteiger partial charge < -0.3 is 16.0 Å². The van der Waals surface area contributed by atoms with Crippen LogP contribution in [0.1, 0.15) is 5.69 Å². The van der Waals surface area contributed by atoms with Crippen molar-refractivity contribution < 1.29 is 0 Å². The number of anilines is 2. The second-order valence-corrected chi connectivity index (χ2v) is 5.02. The third-order valence-corrected chi connectivity index (χ3v) is 3.46. The van der Waals surface area contributed by atoms with Crippen molar-refractivity contribution in [2.75, 3.05) is 11.1 Å². The van der Waals surface area contributed by atoms with Crippen LogP contribution >= 0.6 is 11.3 Å². The van der Waals surface area contributed by atoms with Gasteiger partial charge in [0.15, 0.2) is 0 Å². The predicted molar refractivity (Wildman–Crippen MR) is 78.4 cm³/mol. The van der Waals surface area contributed by atoms with Gasteiger partial charge >= 0.3 is 4.87 Å². The van der Waals surface area contributed by atoms with E-state index in [1.165, 1.54) is 0 Å². The quantitative estimate of drug-likeness (QED) is 0.638. The monoisotopic (exact) mass is 272 g/mol.